The summed E-state index contributed by atoms with van der Waals surface area (Å²) in [6.07, 6.45) is 3.44. The molecule has 0 aliphatic carbocycles. The van der Waals surface area contributed by atoms with Gasteiger partial charge in [0.1, 0.15) is 0 Å². The number of benzene rings is 1. The number of rotatable bonds is 1. The first-order chi connectivity index (χ1) is 8.81. The summed E-state index contributed by atoms with van der Waals surface area (Å²) in [5, 5.41) is 0. The molecular formula is C13H10N4O. The normalized spacial score (nSPS) is 11.6. The molecule has 0 fully saturated rings. The van der Waals surface area contributed by atoms with Gasteiger partial charge in [0.05, 0.1) is 34.7 Å². The first kappa shape index (κ1) is 9.47. The van der Waals surface area contributed by atoms with Crippen molar-refractivity contribution < 1.29 is 4.42 Å². The van der Waals surface area contributed by atoms with Crippen molar-refractivity contribution in [3.8, 4) is 11.6 Å². The maximum absolute atomic E-state index is 5.34. The smallest absolute Gasteiger partial charge is 0.174 e. The van der Waals surface area contributed by atoms with Gasteiger partial charge in [0, 0.05) is 7.05 Å². The van der Waals surface area contributed by atoms with Crippen molar-refractivity contribution in [1.82, 2.24) is 19.5 Å². The van der Waals surface area contributed by atoms with Gasteiger partial charge >= 0.3 is 0 Å². The van der Waals surface area contributed by atoms with Gasteiger partial charge in [-0.2, -0.15) is 0 Å². The maximum atomic E-state index is 5.34. The molecular weight excluding hydrogens is 228 g/mol. The standard InChI is InChI=1S/C13H10N4O/c1-17-7-14-10-5-8-9(6-11(10)17)16-13(15-8)12-3-2-4-18-12/h2-7H,1H3,(H,15,16). The molecule has 0 aliphatic heterocycles. The Morgan fingerprint density at radius 1 is 1.28 bits per heavy atom. The zero-order valence-electron chi connectivity index (χ0n) is 9.71. The number of fused-ring (bicyclic) bond motifs is 2. The fourth-order valence-electron chi connectivity index (χ4n) is 2.16. The average molecular weight is 238 g/mol. The Bertz CT molecular complexity index is 839. The molecule has 0 bridgehead atoms. The van der Waals surface area contributed by atoms with Gasteiger partial charge < -0.3 is 14.0 Å². The summed E-state index contributed by atoms with van der Waals surface area (Å²) in [5.74, 6) is 1.48. The lowest BCUT2D eigenvalue weighted by molar-refractivity contribution is 0.578. The maximum Gasteiger partial charge on any atom is 0.174 e. The van der Waals surface area contributed by atoms with E-state index in [0.29, 0.717) is 0 Å². The van der Waals surface area contributed by atoms with Crippen LogP contribution in [0.2, 0.25) is 0 Å². The highest BCUT2D eigenvalue weighted by atomic mass is 16.3. The average Bonchev–Trinajstić information content (AvgIpc) is 3.06. The number of hydrogen-bond donors (Lipinski definition) is 1. The number of nitrogens with zero attached hydrogens (tertiary/aromatic N) is 3. The van der Waals surface area contributed by atoms with Crippen LogP contribution in [-0.4, -0.2) is 19.5 Å². The molecule has 1 aromatic carbocycles. The minimum absolute atomic E-state index is 0.739. The van der Waals surface area contributed by atoms with Gasteiger partial charge in [-0.3, -0.25) is 0 Å². The predicted molar refractivity (Wildman–Crippen MR) is 68.1 cm³/mol. The van der Waals surface area contributed by atoms with Crippen LogP contribution in [0.1, 0.15) is 0 Å². The Kier molecular flexibility index (Phi) is 1.70. The van der Waals surface area contributed by atoms with Gasteiger partial charge in [0.25, 0.3) is 0 Å². The zero-order chi connectivity index (χ0) is 12.1. The number of aromatic amines is 1. The van der Waals surface area contributed by atoms with E-state index in [1.807, 2.05) is 35.9 Å². The highest BCUT2D eigenvalue weighted by molar-refractivity contribution is 5.92. The summed E-state index contributed by atoms with van der Waals surface area (Å²) in [5.41, 5.74) is 3.91. The van der Waals surface area contributed by atoms with Crippen molar-refractivity contribution in [2.45, 2.75) is 0 Å². The minimum Gasteiger partial charge on any atom is -0.461 e. The summed E-state index contributed by atoms with van der Waals surface area (Å²) in [6, 6.07) is 7.76. The Labute approximate surface area is 102 Å². The molecule has 0 spiro atoms. The molecule has 0 aliphatic rings. The second-order valence-corrected chi connectivity index (χ2v) is 4.28. The number of aryl methyl sites for hydroxylation is 1. The van der Waals surface area contributed by atoms with Gasteiger partial charge in [0.15, 0.2) is 11.6 Å². The topological polar surface area (TPSA) is 59.6 Å². The highest BCUT2D eigenvalue weighted by Crippen LogP contribution is 2.24. The third-order valence-electron chi connectivity index (χ3n) is 3.08. The lowest BCUT2D eigenvalue weighted by Crippen LogP contribution is -1.83. The highest BCUT2D eigenvalue weighted by Gasteiger charge is 2.09. The van der Waals surface area contributed by atoms with Crippen LogP contribution in [0.15, 0.2) is 41.3 Å². The number of H-pyrrole nitrogens is 1. The Morgan fingerprint density at radius 3 is 3.06 bits per heavy atom. The third kappa shape index (κ3) is 1.21. The van der Waals surface area contributed by atoms with Crippen LogP contribution in [0, 0.1) is 0 Å². The fraction of sp³-hybridized carbons (Fsp3) is 0.0769. The molecule has 0 saturated heterocycles. The minimum atomic E-state index is 0.739. The van der Waals surface area contributed by atoms with Gasteiger partial charge in [-0.1, -0.05) is 0 Å². The molecule has 3 aromatic heterocycles. The molecule has 1 N–H and O–H groups in total. The van der Waals surface area contributed by atoms with Gasteiger partial charge in [0.2, 0.25) is 0 Å². The van der Waals surface area contributed by atoms with E-state index in [-0.39, 0.29) is 0 Å². The summed E-state index contributed by atoms with van der Waals surface area (Å²) >= 11 is 0. The lowest BCUT2D eigenvalue weighted by atomic mass is 10.3. The molecule has 88 valence electrons. The Balaban J connectivity index is 2.02. The van der Waals surface area contributed by atoms with Gasteiger partial charge in [-0.25, -0.2) is 9.97 Å². The Morgan fingerprint density at radius 2 is 2.22 bits per heavy atom. The molecule has 0 amide bonds. The quantitative estimate of drug-likeness (QED) is 0.554. The lowest BCUT2D eigenvalue weighted by Gasteiger charge is -1.93. The van der Waals surface area contributed by atoms with Gasteiger partial charge in [-0.15, -0.1) is 0 Å². The zero-order valence-corrected chi connectivity index (χ0v) is 9.71. The molecule has 0 unspecified atom stereocenters. The number of imidazole rings is 2. The summed E-state index contributed by atoms with van der Waals surface area (Å²) in [6.45, 7) is 0. The molecule has 18 heavy (non-hydrogen) atoms. The third-order valence-corrected chi connectivity index (χ3v) is 3.08. The molecule has 0 saturated carbocycles. The summed E-state index contributed by atoms with van der Waals surface area (Å²) < 4.78 is 7.32. The second kappa shape index (κ2) is 3.22. The van der Waals surface area contributed by atoms with Crippen LogP contribution in [0.5, 0.6) is 0 Å². The summed E-state index contributed by atoms with van der Waals surface area (Å²) in [4.78, 5) is 12.1. The van der Waals surface area contributed by atoms with E-state index in [2.05, 4.69) is 15.0 Å². The van der Waals surface area contributed by atoms with Crippen molar-refractivity contribution in [3.63, 3.8) is 0 Å². The summed E-state index contributed by atoms with van der Waals surface area (Å²) in [7, 11) is 1.97. The van der Waals surface area contributed by atoms with E-state index in [1.165, 1.54) is 0 Å². The van der Waals surface area contributed by atoms with Gasteiger partial charge in [-0.05, 0) is 24.3 Å². The molecule has 0 atom stereocenters. The monoisotopic (exact) mass is 238 g/mol. The van der Waals surface area contributed by atoms with Crippen molar-refractivity contribution in [1.29, 1.82) is 0 Å². The van der Waals surface area contributed by atoms with E-state index in [4.69, 9.17) is 4.42 Å². The first-order valence-corrected chi connectivity index (χ1v) is 5.66. The molecule has 4 aromatic rings. The van der Waals surface area contributed by atoms with Crippen molar-refractivity contribution in [2.75, 3.05) is 0 Å². The SMILES string of the molecule is Cn1cnc2cc3[nH]c(-c4ccco4)nc3cc21. The molecule has 5 nitrogen and oxygen atoms in total. The van der Waals surface area contributed by atoms with E-state index >= 15 is 0 Å². The number of furan rings is 1. The van der Waals surface area contributed by atoms with E-state index in [0.717, 1.165) is 33.7 Å². The molecule has 3 heterocycles. The van der Waals surface area contributed by atoms with Crippen LogP contribution in [0.4, 0.5) is 0 Å². The van der Waals surface area contributed by atoms with Crippen LogP contribution in [0.25, 0.3) is 33.7 Å². The number of hydrogen-bond acceptors (Lipinski definition) is 3. The van der Waals surface area contributed by atoms with Crippen LogP contribution in [-0.2, 0) is 7.05 Å². The van der Waals surface area contributed by atoms with E-state index < -0.39 is 0 Å². The van der Waals surface area contributed by atoms with Crippen molar-refractivity contribution in [2.24, 2.45) is 7.05 Å². The largest absolute Gasteiger partial charge is 0.461 e. The number of nitrogens with one attached hydrogen (secondary N) is 1. The van der Waals surface area contributed by atoms with Crippen LogP contribution in [0.3, 0.4) is 0 Å². The molecule has 4 rings (SSSR count). The Hall–Kier alpha value is -2.56. The van der Waals surface area contributed by atoms with E-state index in [9.17, 15) is 0 Å². The fourth-order valence-corrected chi connectivity index (χ4v) is 2.16. The van der Waals surface area contributed by atoms with Crippen LogP contribution >= 0.6 is 0 Å². The predicted octanol–water partition coefficient (Wildman–Crippen LogP) is 2.71. The van der Waals surface area contributed by atoms with Crippen LogP contribution < -0.4 is 0 Å². The van der Waals surface area contributed by atoms with Crippen molar-refractivity contribution >= 4 is 22.1 Å². The molecule has 0 radical (unpaired) electrons. The first-order valence-electron chi connectivity index (χ1n) is 5.66. The number of aromatic nitrogens is 4. The van der Waals surface area contributed by atoms with E-state index in [1.54, 1.807) is 12.6 Å². The van der Waals surface area contributed by atoms with Crippen molar-refractivity contribution in [3.05, 3.63) is 36.9 Å². The molecule has 5 heteroatoms. The second-order valence-electron chi connectivity index (χ2n) is 4.28.